The van der Waals surface area contributed by atoms with Crippen molar-refractivity contribution in [3.05, 3.63) is 6.07 Å². The summed E-state index contributed by atoms with van der Waals surface area (Å²) in [6, 6.07) is 1.56. The van der Waals surface area contributed by atoms with Crippen LogP contribution in [0.5, 0.6) is 17.2 Å². The Labute approximate surface area is 49.8 Å². The normalized spacial score (nSPS) is 13.8. The van der Waals surface area contributed by atoms with E-state index in [1.54, 1.807) is 6.07 Å². The zero-order chi connectivity index (χ0) is 6.01. The molecule has 0 fully saturated rings. The van der Waals surface area contributed by atoms with Gasteiger partial charge in [-0.25, -0.2) is 0 Å². The van der Waals surface area contributed by atoms with Crippen molar-refractivity contribution in [3.63, 3.8) is 0 Å². The summed E-state index contributed by atoms with van der Waals surface area (Å²) < 4.78 is 9.97. The number of benzene rings is 1. The van der Waals surface area contributed by atoms with E-state index in [1.807, 2.05) is 0 Å². The average molecular weight is 122 g/mol. The first kappa shape index (κ1) is 3.61. The van der Waals surface area contributed by atoms with Crippen molar-refractivity contribution in [2.75, 3.05) is 0 Å². The lowest BCUT2D eigenvalue weighted by Gasteiger charge is -1.75. The summed E-state index contributed by atoms with van der Waals surface area (Å²) in [5, 5.41) is 8.98. The molecule has 1 aliphatic rings. The largest absolute Gasteiger partial charge is 0.504 e. The molecule has 3 heterocycles. The van der Waals surface area contributed by atoms with E-state index in [1.165, 1.54) is 0 Å². The molecule has 3 rings (SSSR count). The molecule has 44 valence electrons. The third-order valence-electron chi connectivity index (χ3n) is 1.51. The van der Waals surface area contributed by atoms with Gasteiger partial charge in [-0.15, -0.1) is 0 Å². The molecule has 2 aromatic heterocycles. The molecule has 0 unspecified atom stereocenters. The van der Waals surface area contributed by atoms with E-state index in [-0.39, 0.29) is 5.75 Å². The highest BCUT2D eigenvalue weighted by molar-refractivity contribution is 5.92. The maximum absolute atomic E-state index is 8.98. The van der Waals surface area contributed by atoms with Crippen LogP contribution < -0.4 is 4.74 Å². The first-order chi connectivity index (χ1) is 4.36. The van der Waals surface area contributed by atoms with Crippen molar-refractivity contribution >= 4 is 11.2 Å². The Morgan fingerprint density at radius 2 is 2.22 bits per heavy atom. The molecule has 0 aliphatic carbocycles. The highest BCUT2D eigenvalue weighted by Crippen LogP contribution is 2.59. The van der Waals surface area contributed by atoms with Crippen LogP contribution in [-0.2, 0) is 0 Å². The van der Waals surface area contributed by atoms with Crippen molar-refractivity contribution in [1.82, 2.24) is 0 Å². The van der Waals surface area contributed by atoms with Crippen LogP contribution in [0.1, 0.15) is 0 Å². The van der Waals surface area contributed by atoms with Gasteiger partial charge in [0.2, 0.25) is 17.1 Å². The van der Waals surface area contributed by atoms with Gasteiger partial charge in [-0.3, -0.25) is 0 Å². The van der Waals surface area contributed by atoms with Gasteiger partial charge in [-0.05, 0) is 0 Å². The molecule has 9 heavy (non-hydrogen) atoms. The minimum Gasteiger partial charge on any atom is -0.504 e. The van der Waals surface area contributed by atoms with Crippen molar-refractivity contribution in [1.29, 1.82) is 0 Å². The number of rotatable bonds is 0. The molecule has 1 aliphatic heterocycles. The van der Waals surface area contributed by atoms with Crippen LogP contribution in [0.3, 0.4) is 0 Å². The fraction of sp³-hybridized carbons (Fsp3) is 0. The third-order valence-corrected chi connectivity index (χ3v) is 1.51. The van der Waals surface area contributed by atoms with Gasteiger partial charge in [0.25, 0.3) is 0 Å². The summed E-state index contributed by atoms with van der Waals surface area (Å²) in [5.74, 6) is 1.69. The summed E-state index contributed by atoms with van der Waals surface area (Å²) in [5.41, 5.74) is 1.14. The van der Waals surface area contributed by atoms with Crippen LogP contribution in [0.15, 0.2) is 10.5 Å². The summed E-state index contributed by atoms with van der Waals surface area (Å²) in [6.07, 6.45) is 0. The van der Waals surface area contributed by atoms with Crippen LogP contribution in [0.25, 0.3) is 11.2 Å². The number of ether oxygens (including phenoxy) is 1. The van der Waals surface area contributed by atoms with Gasteiger partial charge >= 0.3 is 0 Å². The Balaban J connectivity index is 2.71. The number of hydrogen-bond acceptors (Lipinski definition) is 3. The Bertz CT molecular complexity index is 369. The molecule has 3 heteroatoms. The number of phenolic OH excluding ortho intramolecular Hbond substituents is 1. The monoisotopic (exact) mass is 122 g/mol. The number of hydrogen-bond donors (Lipinski definition) is 1. The van der Waals surface area contributed by atoms with Gasteiger partial charge in [-0.2, -0.15) is 0 Å². The third kappa shape index (κ3) is 0.233. The first-order valence-corrected chi connectivity index (χ1v) is 2.62. The Hall–Kier alpha value is -1.38. The van der Waals surface area contributed by atoms with Crippen LogP contribution in [0, 0.1) is 0 Å². The molecule has 2 aromatic rings. The lowest BCUT2D eigenvalue weighted by atomic mass is 10.3. The molecule has 1 N–H and O–H groups in total. The predicted octanol–water partition coefficient (Wildman–Crippen LogP) is 1.68. The lowest BCUT2D eigenvalue weighted by Crippen LogP contribution is -1.51. The summed E-state index contributed by atoms with van der Waals surface area (Å²) in [4.78, 5) is 0. The molecule has 0 saturated heterocycles. The molecular weight excluding hydrogens is 120 g/mol. The fourth-order valence-electron chi connectivity index (χ4n) is 1.04. The molecule has 0 radical (unpaired) electrons. The highest BCUT2D eigenvalue weighted by atomic mass is 16.6. The first-order valence-electron chi connectivity index (χ1n) is 2.62. The standard InChI is InChI=1S/C6H2O3/c7-2-1-3-5-6(9-5)4(2)8-3/h1,7H. The number of fused-ring (bicyclic) bond motifs is 5. The van der Waals surface area contributed by atoms with E-state index in [4.69, 9.17) is 14.3 Å². The predicted molar refractivity (Wildman–Crippen MR) is 29.1 cm³/mol. The maximum Gasteiger partial charge on any atom is 0.220 e. The quantitative estimate of drug-likeness (QED) is 0.461. The van der Waals surface area contributed by atoms with Crippen molar-refractivity contribution in [2.45, 2.75) is 0 Å². The van der Waals surface area contributed by atoms with Crippen molar-refractivity contribution in [2.24, 2.45) is 0 Å². The molecule has 0 atom stereocenters. The molecule has 3 nitrogen and oxygen atoms in total. The Morgan fingerprint density at radius 3 is 2.78 bits per heavy atom. The van der Waals surface area contributed by atoms with Crippen molar-refractivity contribution < 1.29 is 14.3 Å². The second-order valence-electron chi connectivity index (χ2n) is 2.09. The van der Waals surface area contributed by atoms with E-state index >= 15 is 0 Å². The van der Waals surface area contributed by atoms with Crippen molar-refractivity contribution in [3.8, 4) is 17.2 Å². The van der Waals surface area contributed by atoms with Crippen LogP contribution >= 0.6 is 0 Å². The van der Waals surface area contributed by atoms with E-state index in [2.05, 4.69) is 0 Å². The Morgan fingerprint density at radius 1 is 1.33 bits per heavy atom. The summed E-state index contributed by atoms with van der Waals surface area (Å²) >= 11 is 0. The van der Waals surface area contributed by atoms with Crippen LogP contribution in [-0.4, -0.2) is 5.11 Å². The molecule has 0 amide bonds. The summed E-state index contributed by atoms with van der Waals surface area (Å²) in [6.45, 7) is 0. The van der Waals surface area contributed by atoms with Gasteiger partial charge in [0.1, 0.15) is 0 Å². The highest BCUT2D eigenvalue weighted by Gasteiger charge is 2.35. The maximum atomic E-state index is 8.98. The summed E-state index contributed by atoms with van der Waals surface area (Å²) in [7, 11) is 0. The van der Waals surface area contributed by atoms with E-state index in [9.17, 15) is 0 Å². The molecular formula is C6H2O3. The zero-order valence-electron chi connectivity index (χ0n) is 4.34. The average Bonchev–Trinajstić information content (AvgIpc) is 2.46. The molecule has 0 spiro atoms. The topological polar surface area (TPSA) is 45.9 Å². The second-order valence-corrected chi connectivity index (χ2v) is 2.09. The van der Waals surface area contributed by atoms with Crippen LogP contribution in [0.4, 0.5) is 0 Å². The van der Waals surface area contributed by atoms with Gasteiger partial charge in [0.15, 0.2) is 11.3 Å². The Kier molecular flexibility index (Phi) is 0.303. The van der Waals surface area contributed by atoms with Gasteiger partial charge in [-0.1, -0.05) is 0 Å². The number of furan rings is 2. The van der Waals surface area contributed by atoms with Gasteiger partial charge in [0, 0.05) is 6.07 Å². The second kappa shape index (κ2) is 0.757. The van der Waals surface area contributed by atoms with E-state index in [0.29, 0.717) is 16.9 Å². The minimum atomic E-state index is 0.182. The SMILES string of the molecule is Oc1cc2oc1c1c2O1. The lowest BCUT2D eigenvalue weighted by molar-refractivity contribution is 0.473. The van der Waals surface area contributed by atoms with E-state index < -0.39 is 0 Å². The smallest absolute Gasteiger partial charge is 0.220 e. The van der Waals surface area contributed by atoms with Gasteiger partial charge < -0.3 is 14.3 Å². The zero-order valence-corrected chi connectivity index (χ0v) is 4.34. The fourth-order valence-corrected chi connectivity index (χ4v) is 1.04. The minimum absolute atomic E-state index is 0.182. The number of aromatic hydroxyl groups is 1. The molecule has 0 saturated carbocycles. The van der Waals surface area contributed by atoms with E-state index in [0.717, 1.165) is 5.75 Å². The molecule has 0 aromatic carbocycles. The number of phenols is 1. The van der Waals surface area contributed by atoms with Gasteiger partial charge in [0.05, 0.1) is 0 Å². The van der Waals surface area contributed by atoms with Crippen LogP contribution in [0.2, 0.25) is 0 Å². The molecule has 2 bridgehead atoms.